The number of H-pyrrole nitrogens is 1. The summed E-state index contributed by atoms with van der Waals surface area (Å²) in [5.41, 5.74) is 4.77. The zero-order valence-corrected chi connectivity index (χ0v) is 19.9. The van der Waals surface area contributed by atoms with Crippen LogP contribution in [0.2, 0.25) is 0 Å². The molecule has 0 atom stereocenters. The van der Waals surface area contributed by atoms with Gasteiger partial charge >= 0.3 is 11.8 Å². The number of anilines is 1. The van der Waals surface area contributed by atoms with Crippen LogP contribution in [0, 0.1) is 0 Å². The Kier molecular flexibility index (Phi) is 6.58. The van der Waals surface area contributed by atoms with Crippen molar-refractivity contribution in [2.75, 3.05) is 11.9 Å². The standard InChI is InChI=1S/C24H20N8O3S/c1-2-27-23(33)30-20-9-18(22-29-17(13-36-22)7-14-3-5-25-6-4-14)19(12-28-20)15-8-16(11-26-10-15)21-31-32-24(34)35-21/h3-6,8-13H,2,7H2,1H3,(H,32,34)(H2,27,28,30,33). The number of hydrogen-bond donors (Lipinski definition) is 3. The molecule has 0 saturated heterocycles. The molecule has 0 unspecified atom stereocenters. The lowest BCUT2D eigenvalue weighted by atomic mass is 10.0. The topological polar surface area (TPSA) is 152 Å². The van der Waals surface area contributed by atoms with Crippen LogP contribution in [-0.2, 0) is 6.42 Å². The SMILES string of the molecule is CCNC(=O)Nc1cc(-c2nc(Cc3ccncc3)cs2)c(-c2cncc(-c3n[nH]c(=O)o3)c2)cn1. The second-order valence-corrected chi connectivity index (χ2v) is 8.51. The number of urea groups is 1. The first kappa shape index (κ1) is 23.1. The maximum Gasteiger partial charge on any atom is 0.434 e. The molecule has 5 rings (SSSR count). The van der Waals surface area contributed by atoms with Crippen molar-refractivity contribution in [1.29, 1.82) is 0 Å². The molecule has 0 aromatic carbocycles. The summed E-state index contributed by atoms with van der Waals surface area (Å²) in [6.07, 6.45) is 9.06. The summed E-state index contributed by atoms with van der Waals surface area (Å²) in [5, 5.41) is 14.3. The first-order valence-corrected chi connectivity index (χ1v) is 11.9. The molecule has 0 saturated carbocycles. The minimum atomic E-state index is -0.650. The maximum absolute atomic E-state index is 12.1. The van der Waals surface area contributed by atoms with Gasteiger partial charge in [-0.3, -0.25) is 15.3 Å². The largest absolute Gasteiger partial charge is 0.434 e. The van der Waals surface area contributed by atoms with Gasteiger partial charge in [0.25, 0.3) is 5.89 Å². The average molecular weight is 501 g/mol. The first-order valence-electron chi connectivity index (χ1n) is 11.0. The monoisotopic (exact) mass is 500 g/mol. The van der Waals surface area contributed by atoms with Gasteiger partial charge in [0.1, 0.15) is 10.8 Å². The Morgan fingerprint density at radius 2 is 1.92 bits per heavy atom. The van der Waals surface area contributed by atoms with Gasteiger partial charge in [-0.1, -0.05) is 0 Å². The van der Waals surface area contributed by atoms with E-state index >= 15 is 0 Å². The smallest absolute Gasteiger partial charge is 0.388 e. The quantitative estimate of drug-likeness (QED) is 0.306. The molecule has 5 heterocycles. The number of aromatic nitrogens is 6. The number of carbonyl (C=O) groups excluding carboxylic acids is 1. The Bertz CT molecular complexity index is 1560. The number of rotatable bonds is 7. The van der Waals surface area contributed by atoms with E-state index in [1.165, 1.54) is 11.3 Å². The van der Waals surface area contributed by atoms with Crippen molar-refractivity contribution in [3.63, 3.8) is 0 Å². The van der Waals surface area contributed by atoms with E-state index < -0.39 is 5.76 Å². The molecule has 5 aromatic rings. The van der Waals surface area contributed by atoms with E-state index in [0.717, 1.165) is 33.0 Å². The van der Waals surface area contributed by atoms with E-state index in [4.69, 9.17) is 9.40 Å². The Morgan fingerprint density at radius 1 is 1.08 bits per heavy atom. The predicted octanol–water partition coefficient (Wildman–Crippen LogP) is 3.74. The van der Waals surface area contributed by atoms with E-state index in [2.05, 4.69) is 35.8 Å². The highest BCUT2D eigenvalue weighted by atomic mass is 32.1. The lowest BCUT2D eigenvalue weighted by Gasteiger charge is -2.11. The highest BCUT2D eigenvalue weighted by Crippen LogP contribution is 2.36. The fourth-order valence-electron chi connectivity index (χ4n) is 3.53. The van der Waals surface area contributed by atoms with E-state index in [0.29, 0.717) is 24.3 Å². The van der Waals surface area contributed by atoms with Gasteiger partial charge in [0.15, 0.2) is 0 Å². The van der Waals surface area contributed by atoms with E-state index in [-0.39, 0.29) is 11.9 Å². The molecule has 180 valence electrons. The molecular weight excluding hydrogens is 480 g/mol. The Labute approximate surface area is 208 Å². The van der Waals surface area contributed by atoms with Crippen LogP contribution < -0.4 is 16.4 Å². The number of nitrogens with one attached hydrogen (secondary N) is 3. The van der Waals surface area contributed by atoms with Gasteiger partial charge in [-0.15, -0.1) is 16.4 Å². The van der Waals surface area contributed by atoms with Crippen molar-refractivity contribution in [2.24, 2.45) is 0 Å². The number of thiazole rings is 1. The van der Waals surface area contributed by atoms with Crippen molar-refractivity contribution < 1.29 is 9.21 Å². The second-order valence-electron chi connectivity index (χ2n) is 7.66. The number of amides is 2. The molecule has 0 aliphatic rings. The summed E-state index contributed by atoms with van der Waals surface area (Å²) in [5.74, 6) is -0.136. The molecule has 0 spiro atoms. The minimum absolute atomic E-state index is 0.132. The maximum atomic E-state index is 12.1. The Balaban J connectivity index is 1.55. The van der Waals surface area contributed by atoms with Gasteiger partial charge in [0, 0.05) is 66.0 Å². The zero-order valence-electron chi connectivity index (χ0n) is 19.1. The van der Waals surface area contributed by atoms with Gasteiger partial charge in [-0.05, 0) is 36.8 Å². The van der Waals surface area contributed by atoms with Crippen LogP contribution in [0.25, 0.3) is 33.2 Å². The van der Waals surface area contributed by atoms with Gasteiger partial charge < -0.3 is 9.73 Å². The molecule has 36 heavy (non-hydrogen) atoms. The van der Waals surface area contributed by atoms with Gasteiger partial charge in [0.2, 0.25) is 0 Å². The fraction of sp³-hybridized carbons (Fsp3) is 0.125. The normalized spacial score (nSPS) is 10.8. The minimum Gasteiger partial charge on any atom is -0.388 e. The van der Waals surface area contributed by atoms with Crippen molar-refractivity contribution >= 4 is 23.2 Å². The molecule has 12 heteroatoms. The lowest BCUT2D eigenvalue weighted by Crippen LogP contribution is -2.28. The third-order valence-corrected chi connectivity index (χ3v) is 6.06. The van der Waals surface area contributed by atoms with Crippen LogP contribution in [0.4, 0.5) is 10.6 Å². The summed E-state index contributed by atoms with van der Waals surface area (Å²) < 4.78 is 5.07. The van der Waals surface area contributed by atoms with E-state index in [1.54, 1.807) is 43.1 Å². The van der Waals surface area contributed by atoms with Gasteiger partial charge in [-0.2, -0.15) is 0 Å². The van der Waals surface area contributed by atoms with Crippen LogP contribution in [-0.4, -0.2) is 42.7 Å². The molecule has 0 bridgehead atoms. The van der Waals surface area contributed by atoms with E-state index in [1.807, 2.05) is 24.4 Å². The van der Waals surface area contributed by atoms with Crippen molar-refractivity contribution in [3.8, 4) is 33.2 Å². The summed E-state index contributed by atoms with van der Waals surface area (Å²) in [7, 11) is 0. The molecule has 3 N–H and O–H groups in total. The van der Waals surface area contributed by atoms with Crippen LogP contribution in [0.15, 0.2) is 69.8 Å². The Morgan fingerprint density at radius 3 is 2.69 bits per heavy atom. The van der Waals surface area contributed by atoms with Crippen molar-refractivity contribution in [1.82, 2.24) is 35.5 Å². The second kappa shape index (κ2) is 10.3. The summed E-state index contributed by atoms with van der Waals surface area (Å²) in [4.78, 5) is 41.1. The molecule has 11 nitrogen and oxygen atoms in total. The Hall–Kier alpha value is -4.71. The zero-order chi connectivity index (χ0) is 24.9. The van der Waals surface area contributed by atoms with E-state index in [9.17, 15) is 9.59 Å². The molecule has 2 amide bonds. The summed E-state index contributed by atoms with van der Waals surface area (Å²) >= 11 is 1.49. The molecule has 0 aliphatic carbocycles. The third-order valence-electron chi connectivity index (χ3n) is 5.13. The molecule has 0 radical (unpaired) electrons. The summed E-state index contributed by atoms with van der Waals surface area (Å²) in [6, 6.07) is 7.14. The third kappa shape index (κ3) is 5.18. The average Bonchev–Trinajstić information content (AvgIpc) is 3.54. The number of hydrogen-bond acceptors (Lipinski definition) is 9. The van der Waals surface area contributed by atoms with Crippen LogP contribution >= 0.6 is 11.3 Å². The molecule has 0 aliphatic heterocycles. The number of aromatic amines is 1. The van der Waals surface area contributed by atoms with Gasteiger partial charge in [-0.25, -0.2) is 24.7 Å². The first-order chi connectivity index (χ1) is 17.6. The van der Waals surface area contributed by atoms with Crippen molar-refractivity contribution in [2.45, 2.75) is 13.3 Å². The predicted molar refractivity (Wildman–Crippen MR) is 134 cm³/mol. The molecule has 5 aromatic heterocycles. The molecule has 0 fully saturated rings. The van der Waals surface area contributed by atoms with Crippen molar-refractivity contribution in [3.05, 3.63) is 82.4 Å². The number of carbonyl (C=O) groups is 1. The highest BCUT2D eigenvalue weighted by molar-refractivity contribution is 7.13. The van der Waals surface area contributed by atoms with Crippen LogP contribution in [0.5, 0.6) is 0 Å². The van der Waals surface area contributed by atoms with Crippen LogP contribution in [0.1, 0.15) is 18.2 Å². The highest BCUT2D eigenvalue weighted by Gasteiger charge is 2.16. The van der Waals surface area contributed by atoms with Crippen LogP contribution in [0.3, 0.4) is 0 Å². The summed E-state index contributed by atoms with van der Waals surface area (Å²) in [6.45, 7) is 2.33. The number of nitrogens with zero attached hydrogens (tertiary/aromatic N) is 5. The lowest BCUT2D eigenvalue weighted by molar-refractivity contribution is 0.252. The van der Waals surface area contributed by atoms with Gasteiger partial charge in [0.05, 0.1) is 11.3 Å². The molecular formula is C24H20N8O3S. The number of pyridine rings is 3. The fourth-order valence-corrected chi connectivity index (χ4v) is 4.38.